The fourth-order valence-corrected chi connectivity index (χ4v) is 3.76. The number of aromatic nitrogens is 5. The Morgan fingerprint density at radius 2 is 1.97 bits per heavy atom. The number of pyridine rings is 1. The van der Waals surface area contributed by atoms with Crippen LogP contribution < -0.4 is 21.9 Å². The first-order valence-corrected chi connectivity index (χ1v) is 9.77. The van der Waals surface area contributed by atoms with Crippen molar-refractivity contribution >= 4 is 27.9 Å². The van der Waals surface area contributed by atoms with Gasteiger partial charge < -0.3 is 15.6 Å². The van der Waals surface area contributed by atoms with Crippen LogP contribution in [-0.4, -0.2) is 43.7 Å². The summed E-state index contributed by atoms with van der Waals surface area (Å²) < 4.78 is 2.58. The van der Waals surface area contributed by atoms with Gasteiger partial charge in [-0.15, -0.1) is 0 Å². The third-order valence-electron chi connectivity index (χ3n) is 5.15. The summed E-state index contributed by atoms with van der Waals surface area (Å²) in [5.41, 5.74) is 7.11. The van der Waals surface area contributed by atoms with Crippen molar-refractivity contribution in [3.63, 3.8) is 0 Å². The molecule has 0 radical (unpaired) electrons. The van der Waals surface area contributed by atoms with E-state index in [9.17, 15) is 9.59 Å². The van der Waals surface area contributed by atoms with Gasteiger partial charge in [0.15, 0.2) is 11.2 Å². The number of benzene rings is 1. The molecule has 0 spiro atoms. The molecule has 0 saturated carbocycles. The highest BCUT2D eigenvalue weighted by atomic mass is 16.2. The lowest BCUT2D eigenvalue weighted by molar-refractivity contribution is 0.649. The third-order valence-corrected chi connectivity index (χ3v) is 5.15. The van der Waals surface area contributed by atoms with E-state index >= 15 is 0 Å². The van der Waals surface area contributed by atoms with Crippen LogP contribution in [0.5, 0.6) is 0 Å². The molecule has 1 atom stereocenters. The number of anilines is 1. The van der Waals surface area contributed by atoms with E-state index < -0.39 is 11.2 Å². The molecule has 0 unspecified atom stereocenters. The summed E-state index contributed by atoms with van der Waals surface area (Å²) in [7, 11) is 3.44. The zero-order valence-electron chi connectivity index (χ0n) is 17.5. The van der Waals surface area contributed by atoms with Gasteiger partial charge in [-0.1, -0.05) is 24.3 Å². The van der Waals surface area contributed by atoms with E-state index in [2.05, 4.69) is 15.0 Å². The Bertz CT molecular complexity index is 1360. The second-order valence-electron chi connectivity index (χ2n) is 7.78. The van der Waals surface area contributed by atoms with Crippen LogP contribution in [0.3, 0.4) is 0 Å². The fourth-order valence-electron chi connectivity index (χ4n) is 3.76. The van der Waals surface area contributed by atoms with E-state index in [-0.39, 0.29) is 18.1 Å². The summed E-state index contributed by atoms with van der Waals surface area (Å²) in [5.74, 6) is 0.492. The first-order valence-electron chi connectivity index (χ1n) is 9.77. The molecular formula is C21H25N7O2. The van der Waals surface area contributed by atoms with Gasteiger partial charge in [-0.05, 0) is 25.3 Å². The Kier molecular flexibility index (Phi) is 4.90. The van der Waals surface area contributed by atoms with Gasteiger partial charge in [-0.2, -0.15) is 4.98 Å². The van der Waals surface area contributed by atoms with Crippen molar-refractivity contribution in [1.29, 1.82) is 0 Å². The maximum absolute atomic E-state index is 13.2. The minimum Gasteiger partial charge on any atom is -0.344 e. The van der Waals surface area contributed by atoms with Crippen LogP contribution in [0, 0.1) is 6.92 Å². The number of nitrogens with one attached hydrogen (secondary N) is 1. The first-order chi connectivity index (χ1) is 14.3. The molecule has 0 bridgehead atoms. The Balaban J connectivity index is 1.87. The zero-order valence-corrected chi connectivity index (χ0v) is 17.5. The highest BCUT2D eigenvalue weighted by Crippen LogP contribution is 2.19. The summed E-state index contributed by atoms with van der Waals surface area (Å²) in [6, 6.07) is 9.73. The minimum absolute atomic E-state index is 0.0654. The lowest BCUT2D eigenvalue weighted by Crippen LogP contribution is -2.39. The number of H-pyrrole nitrogens is 1. The van der Waals surface area contributed by atoms with Gasteiger partial charge in [0.25, 0.3) is 5.56 Å². The first kappa shape index (κ1) is 19.8. The third kappa shape index (κ3) is 3.37. The Labute approximate surface area is 172 Å². The molecule has 9 nitrogen and oxygen atoms in total. The van der Waals surface area contributed by atoms with Crippen LogP contribution in [0.4, 0.5) is 5.95 Å². The molecule has 4 aromatic rings. The van der Waals surface area contributed by atoms with Gasteiger partial charge in [0.1, 0.15) is 0 Å². The van der Waals surface area contributed by atoms with Gasteiger partial charge in [-0.3, -0.25) is 18.9 Å². The van der Waals surface area contributed by atoms with Crippen molar-refractivity contribution in [2.45, 2.75) is 26.4 Å². The van der Waals surface area contributed by atoms with Crippen molar-refractivity contribution in [2.75, 3.05) is 18.5 Å². The number of likely N-dealkylation sites (N-methyl/N-ethyl adjacent to an activating group) is 1. The number of hydrogen-bond acceptors (Lipinski definition) is 6. The van der Waals surface area contributed by atoms with Crippen LogP contribution in [0.15, 0.2) is 39.9 Å². The number of aryl methyl sites for hydroxylation is 2. The number of nitrogens with zero attached hydrogens (tertiary/aromatic N) is 5. The van der Waals surface area contributed by atoms with Crippen LogP contribution in [0.25, 0.3) is 21.9 Å². The average molecular weight is 407 g/mol. The molecule has 0 fully saturated rings. The highest BCUT2D eigenvalue weighted by Gasteiger charge is 2.18. The molecule has 0 aliphatic carbocycles. The largest absolute Gasteiger partial charge is 0.344 e. The lowest BCUT2D eigenvalue weighted by Gasteiger charge is -2.17. The average Bonchev–Trinajstić information content (AvgIpc) is 3.15. The number of aromatic amines is 1. The summed E-state index contributed by atoms with van der Waals surface area (Å²) >= 11 is 0. The monoisotopic (exact) mass is 407 g/mol. The predicted octanol–water partition coefficient (Wildman–Crippen LogP) is 1.11. The number of hydrogen-bond donors (Lipinski definition) is 2. The van der Waals surface area contributed by atoms with E-state index in [0.29, 0.717) is 23.8 Å². The van der Waals surface area contributed by atoms with E-state index in [1.165, 1.54) is 9.13 Å². The van der Waals surface area contributed by atoms with Crippen LogP contribution in [0.1, 0.15) is 18.3 Å². The zero-order chi connectivity index (χ0) is 21.6. The normalized spacial score (nSPS) is 12.6. The highest BCUT2D eigenvalue weighted by molar-refractivity contribution is 5.85. The van der Waals surface area contributed by atoms with E-state index in [0.717, 1.165) is 16.5 Å². The predicted molar refractivity (Wildman–Crippen MR) is 118 cm³/mol. The van der Waals surface area contributed by atoms with Crippen molar-refractivity contribution in [3.05, 3.63) is 62.6 Å². The number of fused-ring (bicyclic) bond motifs is 2. The molecule has 0 aliphatic heterocycles. The molecule has 156 valence electrons. The topological polar surface area (TPSA) is 115 Å². The van der Waals surface area contributed by atoms with Crippen molar-refractivity contribution in [1.82, 2.24) is 24.1 Å². The Hall–Kier alpha value is -3.46. The summed E-state index contributed by atoms with van der Waals surface area (Å²) in [6.07, 6.45) is 0. The molecule has 0 amide bonds. The molecule has 3 heterocycles. The molecular weight excluding hydrogens is 382 g/mol. The molecule has 0 aliphatic rings. The molecule has 0 saturated heterocycles. The van der Waals surface area contributed by atoms with Gasteiger partial charge in [0.2, 0.25) is 5.95 Å². The van der Waals surface area contributed by atoms with Crippen molar-refractivity contribution in [3.8, 4) is 0 Å². The summed E-state index contributed by atoms with van der Waals surface area (Å²) in [4.78, 5) is 40.1. The van der Waals surface area contributed by atoms with Gasteiger partial charge in [-0.25, -0.2) is 4.79 Å². The SMILES string of the molecule is Cc1cc2ccccc2c(Cn2c(=O)c3[nH]c(N(C)C[C@H](C)N)nc3n(C)c2=O)n1. The lowest BCUT2D eigenvalue weighted by atomic mass is 10.1. The van der Waals surface area contributed by atoms with Gasteiger partial charge in [0, 0.05) is 37.8 Å². The quantitative estimate of drug-likeness (QED) is 0.512. The summed E-state index contributed by atoms with van der Waals surface area (Å²) in [5, 5.41) is 1.94. The number of rotatable bonds is 5. The van der Waals surface area contributed by atoms with E-state index in [1.807, 2.05) is 56.1 Å². The van der Waals surface area contributed by atoms with Crippen LogP contribution in [-0.2, 0) is 13.6 Å². The smallest absolute Gasteiger partial charge is 0.332 e. The maximum Gasteiger partial charge on any atom is 0.332 e. The summed E-state index contributed by atoms with van der Waals surface area (Å²) in [6.45, 7) is 4.42. The standard InChI is InChI=1S/C21H25N7O2/c1-12(22)10-26(3)20-24-17-18(25-20)27(4)21(30)28(19(17)29)11-16-15-8-6-5-7-14(15)9-13(2)23-16/h5-9,12H,10-11,22H2,1-4H3,(H,24,25)/t12-/m0/s1. The van der Waals surface area contributed by atoms with E-state index in [1.54, 1.807) is 7.05 Å². The molecule has 3 aromatic heterocycles. The molecule has 30 heavy (non-hydrogen) atoms. The van der Waals surface area contributed by atoms with E-state index in [4.69, 9.17) is 5.73 Å². The van der Waals surface area contributed by atoms with Crippen LogP contribution in [0.2, 0.25) is 0 Å². The number of imidazole rings is 1. The molecule has 1 aromatic carbocycles. The van der Waals surface area contributed by atoms with Gasteiger partial charge >= 0.3 is 5.69 Å². The maximum atomic E-state index is 13.2. The van der Waals surface area contributed by atoms with Crippen molar-refractivity contribution in [2.24, 2.45) is 12.8 Å². The Morgan fingerprint density at radius 1 is 1.23 bits per heavy atom. The number of nitrogens with two attached hydrogens (primary N) is 1. The second kappa shape index (κ2) is 7.42. The second-order valence-corrected chi connectivity index (χ2v) is 7.78. The molecule has 9 heteroatoms. The fraction of sp³-hybridized carbons (Fsp3) is 0.333. The van der Waals surface area contributed by atoms with Gasteiger partial charge in [0.05, 0.1) is 12.2 Å². The molecule has 4 rings (SSSR count). The molecule has 3 N–H and O–H groups in total. The van der Waals surface area contributed by atoms with Crippen LogP contribution >= 0.6 is 0 Å². The minimum atomic E-state index is -0.437. The Morgan fingerprint density at radius 3 is 2.70 bits per heavy atom. The van der Waals surface area contributed by atoms with Crippen molar-refractivity contribution < 1.29 is 0 Å².